The summed E-state index contributed by atoms with van der Waals surface area (Å²) in [6.45, 7) is 7.68. The molecular weight excluding hydrogens is 274 g/mol. The predicted molar refractivity (Wildman–Crippen MR) is 91.8 cm³/mol. The molecule has 0 amide bonds. The maximum Gasteiger partial charge on any atom is 0.124 e. The molecule has 0 saturated carbocycles. The molecule has 2 rings (SSSR count). The third-order valence-electron chi connectivity index (χ3n) is 3.15. The Labute approximate surface area is 133 Å². The van der Waals surface area contributed by atoms with Crippen LogP contribution in [0.4, 0.5) is 5.69 Å². The molecule has 0 aliphatic heterocycles. The first-order valence-corrected chi connectivity index (χ1v) is 7.90. The van der Waals surface area contributed by atoms with Gasteiger partial charge in [-0.25, -0.2) is 0 Å². The Kier molecular flexibility index (Phi) is 6.13. The number of anilines is 1. The topological polar surface area (TPSA) is 30.5 Å². The van der Waals surface area contributed by atoms with Gasteiger partial charge in [-0.15, -0.1) is 0 Å². The van der Waals surface area contributed by atoms with Gasteiger partial charge >= 0.3 is 0 Å². The number of hydrogen-bond donors (Lipinski definition) is 1. The average molecular weight is 299 g/mol. The first-order valence-electron chi connectivity index (χ1n) is 7.90. The molecule has 0 spiro atoms. The molecule has 0 saturated heterocycles. The largest absolute Gasteiger partial charge is 0.494 e. The quantitative estimate of drug-likeness (QED) is 0.754. The zero-order chi connectivity index (χ0) is 15.8. The molecule has 0 bridgehead atoms. The molecule has 0 atom stereocenters. The lowest BCUT2D eigenvalue weighted by molar-refractivity contribution is 0.240. The maximum atomic E-state index is 5.84. The lowest BCUT2D eigenvalue weighted by Gasteiger charge is -2.15. The van der Waals surface area contributed by atoms with E-state index in [4.69, 9.17) is 9.47 Å². The van der Waals surface area contributed by atoms with E-state index in [0.29, 0.717) is 0 Å². The third kappa shape index (κ3) is 4.99. The van der Waals surface area contributed by atoms with E-state index in [9.17, 15) is 0 Å². The SMILES string of the molecule is CCCOc1ccc(NCc2ccccc2OC(C)C)cc1. The zero-order valence-corrected chi connectivity index (χ0v) is 13.6. The van der Waals surface area contributed by atoms with Gasteiger partial charge in [-0.2, -0.15) is 0 Å². The zero-order valence-electron chi connectivity index (χ0n) is 13.6. The summed E-state index contributed by atoms with van der Waals surface area (Å²) < 4.78 is 11.4. The maximum absolute atomic E-state index is 5.84. The lowest BCUT2D eigenvalue weighted by atomic mass is 10.2. The fraction of sp³-hybridized carbons (Fsp3) is 0.368. The van der Waals surface area contributed by atoms with Crippen LogP contribution in [0.5, 0.6) is 11.5 Å². The van der Waals surface area contributed by atoms with Crippen LogP contribution in [-0.4, -0.2) is 12.7 Å². The molecule has 22 heavy (non-hydrogen) atoms. The van der Waals surface area contributed by atoms with Crippen LogP contribution in [0.25, 0.3) is 0 Å². The van der Waals surface area contributed by atoms with Crippen LogP contribution in [0, 0.1) is 0 Å². The molecule has 0 heterocycles. The van der Waals surface area contributed by atoms with E-state index in [1.54, 1.807) is 0 Å². The third-order valence-corrected chi connectivity index (χ3v) is 3.15. The molecule has 0 fully saturated rings. The minimum Gasteiger partial charge on any atom is -0.494 e. The lowest BCUT2D eigenvalue weighted by Crippen LogP contribution is -2.09. The standard InChI is InChI=1S/C19H25NO2/c1-4-13-21-18-11-9-17(10-12-18)20-14-16-7-5-6-8-19(16)22-15(2)3/h5-12,15,20H,4,13-14H2,1-3H3. The Morgan fingerprint density at radius 2 is 1.73 bits per heavy atom. The molecule has 0 aliphatic rings. The summed E-state index contributed by atoms with van der Waals surface area (Å²) in [5.41, 5.74) is 2.23. The molecule has 118 valence electrons. The van der Waals surface area contributed by atoms with E-state index in [1.165, 1.54) is 0 Å². The molecule has 2 aromatic carbocycles. The van der Waals surface area contributed by atoms with Crippen molar-refractivity contribution < 1.29 is 9.47 Å². The minimum atomic E-state index is 0.177. The van der Waals surface area contributed by atoms with Gasteiger partial charge in [0.1, 0.15) is 11.5 Å². The molecule has 3 heteroatoms. The van der Waals surface area contributed by atoms with Crippen LogP contribution in [0.2, 0.25) is 0 Å². The Morgan fingerprint density at radius 1 is 1.00 bits per heavy atom. The van der Waals surface area contributed by atoms with Crippen molar-refractivity contribution in [3.63, 3.8) is 0 Å². The first-order chi connectivity index (χ1) is 10.7. The van der Waals surface area contributed by atoms with Crippen LogP contribution in [-0.2, 0) is 6.54 Å². The predicted octanol–water partition coefficient (Wildman–Crippen LogP) is 4.87. The molecule has 0 unspecified atom stereocenters. The fourth-order valence-electron chi connectivity index (χ4n) is 2.10. The van der Waals surface area contributed by atoms with Gasteiger partial charge in [0.05, 0.1) is 12.7 Å². The van der Waals surface area contributed by atoms with Gasteiger partial charge < -0.3 is 14.8 Å². The number of rotatable bonds is 8. The summed E-state index contributed by atoms with van der Waals surface area (Å²) in [7, 11) is 0. The van der Waals surface area contributed by atoms with Crippen LogP contribution in [0.3, 0.4) is 0 Å². The summed E-state index contributed by atoms with van der Waals surface area (Å²) in [4.78, 5) is 0. The highest BCUT2D eigenvalue weighted by molar-refractivity contribution is 5.47. The number of benzene rings is 2. The highest BCUT2D eigenvalue weighted by Crippen LogP contribution is 2.22. The van der Waals surface area contributed by atoms with E-state index in [1.807, 2.05) is 56.3 Å². The second-order valence-corrected chi connectivity index (χ2v) is 5.50. The molecule has 0 radical (unpaired) electrons. The number of hydrogen-bond acceptors (Lipinski definition) is 3. The van der Waals surface area contributed by atoms with E-state index in [-0.39, 0.29) is 6.10 Å². The smallest absolute Gasteiger partial charge is 0.124 e. The molecular formula is C19H25NO2. The molecule has 3 nitrogen and oxygen atoms in total. The van der Waals surface area contributed by atoms with E-state index >= 15 is 0 Å². The fourth-order valence-corrected chi connectivity index (χ4v) is 2.10. The van der Waals surface area contributed by atoms with Crippen LogP contribution < -0.4 is 14.8 Å². The van der Waals surface area contributed by atoms with Crippen LogP contribution >= 0.6 is 0 Å². The Hall–Kier alpha value is -2.16. The Morgan fingerprint density at radius 3 is 2.41 bits per heavy atom. The van der Waals surface area contributed by atoms with Gasteiger partial charge in [-0.3, -0.25) is 0 Å². The van der Waals surface area contributed by atoms with Crippen molar-refractivity contribution in [2.45, 2.75) is 39.8 Å². The van der Waals surface area contributed by atoms with Gasteiger partial charge in [0.2, 0.25) is 0 Å². The van der Waals surface area contributed by atoms with Gasteiger partial charge in [-0.05, 0) is 50.6 Å². The average Bonchev–Trinajstić information content (AvgIpc) is 2.52. The highest BCUT2D eigenvalue weighted by atomic mass is 16.5. The van der Waals surface area contributed by atoms with Crippen molar-refractivity contribution in [3.8, 4) is 11.5 Å². The second-order valence-electron chi connectivity index (χ2n) is 5.50. The summed E-state index contributed by atoms with van der Waals surface area (Å²) in [5, 5.41) is 3.42. The monoisotopic (exact) mass is 299 g/mol. The number of nitrogens with one attached hydrogen (secondary N) is 1. The van der Waals surface area contributed by atoms with Gasteiger partial charge in [0, 0.05) is 17.8 Å². The van der Waals surface area contributed by atoms with E-state index < -0.39 is 0 Å². The van der Waals surface area contributed by atoms with Crippen molar-refractivity contribution in [1.82, 2.24) is 0 Å². The van der Waals surface area contributed by atoms with Gasteiger partial charge in [0.25, 0.3) is 0 Å². The van der Waals surface area contributed by atoms with E-state index in [0.717, 1.165) is 42.3 Å². The first kappa shape index (κ1) is 16.2. The normalized spacial score (nSPS) is 10.5. The van der Waals surface area contributed by atoms with E-state index in [2.05, 4.69) is 18.3 Å². The van der Waals surface area contributed by atoms with Crippen molar-refractivity contribution in [2.75, 3.05) is 11.9 Å². The minimum absolute atomic E-state index is 0.177. The Bertz CT molecular complexity index is 564. The summed E-state index contributed by atoms with van der Waals surface area (Å²) >= 11 is 0. The van der Waals surface area contributed by atoms with Crippen LogP contribution in [0.15, 0.2) is 48.5 Å². The van der Waals surface area contributed by atoms with Crippen molar-refractivity contribution >= 4 is 5.69 Å². The number of ether oxygens (including phenoxy) is 2. The van der Waals surface area contributed by atoms with Gasteiger partial charge in [0.15, 0.2) is 0 Å². The summed E-state index contributed by atoms with van der Waals surface area (Å²) in [5.74, 6) is 1.85. The summed E-state index contributed by atoms with van der Waals surface area (Å²) in [6.07, 6.45) is 1.20. The molecule has 0 aliphatic carbocycles. The number of para-hydroxylation sites is 1. The molecule has 0 aromatic heterocycles. The van der Waals surface area contributed by atoms with Gasteiger partial charge in [-0.1, -0.05) is 25.1 Å². The van der Waals surface area contributed by atoms with Crippen molar-refractivity contribution in [1.29, 1.82) is 0 Å². The van der Waals surface area contributed by atoms with Crippen molar-refractivity contribution in [3.05, 3.63) is 54.1 Å². The molecule has 1 N–H and O–H groups in total. The van der Waals surface area contributed by atoms with Crippen LogP contribution in [0.1, 0.15) is 32.8 Å². The van der Waals surface area contributed by atoms with Crippen molar-refractivity contribution in [2.24, 2.45) is 0 Å². The second kappa shape index (κ2) is 8.32. The molecule has 2 aromatic rings. The Balaban J connectivity index is 1.95. The summed E-state index contributed by atoms with van der Waals surface area (Å²) in [6, 6.07) is 16.2. The highest BCUT2D eigenvalue weighted by Gasteiger charge is 2.05.